The molecule has 4 N–H and O–H groups in total. The van der Waals surface area contributed by atoms with Crippen LogP contribution in [0.25, 0.3) is 0 Å². The number of morpholine rings is 1. The molecule has 36 heavy (non-hydrogen) atoms. The molecular formula is C25H29Cl2N7O2. The molecule has 2 aliphatic heterocycles. The molecular weight excluding hydrogens is 501 g/mol. The Morgan fingerprint density at radius 1 is 1.17 bits per heavy atom. The predicted molar refractivity (Wildman–Crippen MR) is 143 cm³/mol. The minimum atomic E-state index is 0.00488. The van der Waals surface area contributed by atoms with Gasteiger partial charge in [0.05, 0.1) is 34.5 Å². The number of anilines is 2. The van der Waals surface area contributed by atoms with E-state index in [1.807, 2.05) is 19.9 Å². The summed E-state index contributed by atoms with van der Waals surface area (Å²) in [4.78, 5) is 6.08. The number of halogens is 2. The number of nitrogens with zero attached hydrogens (tertiary/aromatic N) is 4. The predicted octanol–water partition coefficient (Wildman–Crippen LogP) is 3.96. The summed E-state index contributed by atoms with van der Waals surface area (Å²) in [6.07, 6.45) is 3.02. The van der Waals surface area contributed by atoms with Crippen molar-refractivity contribution < 1.29 is 9.47 Å². The third-order valence-electron chi connectivity index (χ3n) is 5.97. The first-order valence-corrected chi connectivity index (χ1v) is 12.5. The second kappa shape index (κ2) is 11.4. The summed E-state index contributed by atoms with van der Waals surface area (Å²) in [6.45, 7) is 8.10. The molecule has 0 radical (unpaired) electrons. The van der Waals surface area contributed by atoms with Gasteiger partial charge in [0.15, 0.2) is 5.82 Å². The van der Waals surface area contributed by atoms with E-state index in [1.54, 1.807) is 24.3 Å². The van der Waals surface area contributed by atoms with Gasteiger partial charge in [-0.1, -0.05) is 37.0 Å². The van der Waals surface area contributed by atoms with Gasteiger partial charge >= 0.3 is 0 Å². The van der Waals surface area contributed by atoms with E-state index in [1.165, 1.54) is 12.4 Å². The number of nitrogens with two attached hydrogens (primary N) is 1. The highest BCUT2D eigenvalue weighted by molar-refractivity contribution is 6.35. The fraction of sp³-hybridized carbons (Fsp3) is 0.360. The summed E-state index contributed by atoms with van der Waals surface area (Å²) >= 11 is 12.3. The lowest BCUT2D eigenvalue weighted by Gasteiger charge is -2.52. The molecule has 0 bridgehead atoms. The molecule has 0 saturated carbocycles. The fourth-order valence-corrected chi connectivity index (χ4v) is 4.57. The second-order valence-corrected chi connectivity index (χ2v) is 9.20. The van der Waals surface area contributed by atoms with Crippen LogP contribution < -0.4 is 20.7 Å². The SMILES string of the molecule is CC.N=C(c1ccc(N2CC3(COCCN3)C2)nn1)c1cc(OCc2c(Cl)cncc2Cl)ccc1N. The monoisotopic (exact) mass is 529 g/mol. The lowest BCUT2D eigenvalue weighted by Crippen LogP contribution is -2.73. The zero-order valence-corrected chi connectivity index (χ0v) is 21.7. The van der Waals surface area contributed by atoms with Gasteiger partial charge in [-0.05, 0) is 30.3 Å². The van der Waals surface area contributed by atoms with Gasteiger partial charge < -0.3 is 25.4 Å². The molecule has 2 aliphatic rings. The van der Waals surface area contributed by atoms with E-state index >= 15 is 0 Å². The number of pyridine rings is 1. The second-order valence-electron chi connectivity index (χ2n) is 8.39. The average Bonchev–Trinajstić information content (AvgIpc) is 2.89. The minimum absolute atomic E-state index is 0.00488. The van der Waals surface area contributed by atoms with Gasteiger partial charge in [0.2, 0.25) is 0 Å². The first kappa shape index (κ1) is 26.1. The quantitative estimate of drug-likeness (QED) is 0.324. The zero-order chi connectivity index (χ0) is 25.7. The molecule has 11 heteroatoms. The van der Waals surface area contributed by atoms with Crippen LogP contribution in [0.2, 0.25) is 10.0 Å². The fourth-order valence-electron chi connectivity index (χ4n) is 4.09. The minimum Gasteiger partial charge on any atom is -0.489 e. The van der Waals surface area contributed by atoms with Crippen molar-refractivity contribution in [3.8, 4) is 5.75 Å². The van der Waals surface area contributed by atoms with E-state index in [0.29, 0.717) is 44.9 Å². The van der Waals surface area contributed by atoms with Gasteiger partial charge in [-0.2, -0.15) is 0 Å². The Kier molecular flexibility index (Phi) is 8.25. The third-order valence-corrected chi connectivity index (χ3v) is 6.62. The standard InChI is InChI=1S/C23H23Cl2N7O2.C2H6/c24-17-8-28-9-18(25)16(17)10-34-14-1-2-19(26)15(7-14)22(27)20-3-4-21(31-30-20)32-11-23(12-32)13-33-6-5-29-23;1-2/h1-4,7-9,27,29H,5-6,10-13,26H2;1-2H3. The van der Waals surface area contributed by atoms with Gasteiger partial charge in [0, 0.05) is 48.8 Å². The van der Waals surface area contributed by atoms with E-state index in [9.17, 15) is 0 Å². The van der Waals surface area contributed by atoms with Crippen LogP contribution in [0.15, 0.2) is 42.7 Å². The number of hydrogen-bond acceptors (Lipinski definition) is 9. The Hall–Kier alpha value is -2.98. The molecule has 0 unspecified atom stereocenters. The highest BCUT2D eigenvalue weighted by Crippen LogP contribution is 2.29. The van der Waals surface area contributed by atoms with Crippen LogP contribution in [-0.4, -0.2) is 59.3 Å². The normalized spacial score (nSPS) is 16.1. The Bertz CT molecular complexity index is 1190. The van der Waals surface area contributed by atoms with Gasteiger partial charge in [0.25, 0.3) is 0 Å². The Balaban J connectivity index is 0.00000148. The van der Waals surface area contributed by atoms with Crippen molar-refractivity contribution in [3.05, 3.63) is 69.6 Å². The van der Waals surface area contributed by atoms with Crippen LogP contribution in [0.1, 0.15) is 30.7 Å². The number of rotatable bonds is 6. The Morgan fingerprint density at radius 2 is 1.92 bits per heavy atom. The van der Waals surface area contributed by atoms with Crippen LogP contribution in [0.3, 0.4) is 0 Å². The van der Waals surface area contributed by atoms with Crippen molar-refractivity contribution in [1.82, 2.24) is 20.5 Å². The van der Waals surface area contributed by atoms with Crippen LogP contribution in [0.4, 0.5) is 11.5 Å². The summed E-state index contributed by atoms with van der Waals surface area (Å²) in [5, 5.41) is 21.6. The summed E-state index contributed by atoms with van der Waals surface area (Å²) in [7, 11) is 0. The van der Waals surface area contributed by atoms with Crippen molar-refractivity contribution >= 4 is 40.4 Å². The maximum absolute atomic E-state index is 8.64. The zero-order valence-electron chi connectivity index (χ0n) is 20.2. The number of benzene rings is 1. The smallest absolute Gasteiger partial charge is 0.151 e. The Labute approximate surface area is 220 Å². The van der Waals surface area contributed by atoms with E-state index in [4.69, 9.17) is 43.8 Å². The number of nitrogens with one attached hydrogen (secondary N) is 2. The summed E-state index contributed by atoms with van der Waals surface area (Å²) in [6, 6.07) is 8.77. The largest absolute Gasteiger partial charge is 0.489 e. The average molecular weight is 530 g/mol. The first-order chi connectivity index (χ1) is 17.4. The molecule has 0 atom stereocenters. The van der Waals surface area contributed by atoms with Crippen molar-refractivity contribution in [2.24, 2.45) is 0 Å². The first-order valence-electron chi connectivity index (χ1n) is 11.8. The third kappa shape index (κ3) is 5.54. The summed E-state index contributed by atoms with van der Waals surface area (Å²) in [5.74, 6) is 1.29. The number of aromatic nitrogens is 3. The van der Waals surface area contributed by atoms with E-state index in [-0.39, 0.29) is 17.9 Å². The Morgan fingerprint density at radius 3 is 2.56 bits per heavy atom. The molecule has 3 aromatic rings. The number of ether oxygens (including phenoxy) is 2. The van der Waals surface area contributed by atoms with Gasteiger partial charge in [0.1, 0.15) is 18.1 Å². The topological polar surface area (TPSA) is 122 Å². The van der Waals surface area contributed by atoms with Crippen molar-refractivity contribution in [1.29, 1.82) is 5.41 Å². The van der Waals surface area contributed by atoms with E-state index in [0.717, 1.165) is 32.1 Å². The number of nitrogen functional groups attached to an aromatic ring is 1. The van der Waals surface area contributed by atoms with E-state index < -0.39 is 0 Å². The van der Waals surface area contributed by atoms with Gasteiger partial charge in [-0.3, -0.25) is 10.4 Å². The van der Waals surface area contributed by atoms with Crippen LogP contribution >= 0.6 is 23.2 Å². The van der Waals surface area contributed by atoms with Crippen LogP contribution in [0.5, 0.6) is 5.75 Å². The molecule has 5 rings (SSSR count). The van der Waals surface area contributed by atoms with Crippen LogP contribution in [-0.2, 0) is 11.3 Å². The molecule has 0 amide bonds. The molecule has 190 valence electrons. The van der Waals surface area contributed by atoms with Crippen LogP contribution in [0, 0.1) is 5.41 Å². The molecule has 2 fully saturated rings. The lowest BCUT2D eigenvalue weighted by atomic mass is 9.89. The highest BCUT2D eigenvalue weighted by Gasteiger charge is 2.45. The maximum atomic E-state index is 8.64. The molecule has 9 nitrogen and oxygen atoms in total. The number of hydrogen-bond donors (Lipinski definition) is 3. The highest BCUT2D eigenvalue weighted by atomic mass is 35.5. The van der Waals surface area contributed by atoms with E-state index in [2.05, 4.69) is 25.4 Å². The molecule has 2 saturated heterocycles. The molecule has 2 aromatic heterocycles. The summed E-state index contributed by atoms with van der Waals surface area (Å²) in [5.41, 5.74) is 8.30. The van der Waals surface area contributed by atoms with Gasteiger partial charge in [-0.25, -0.2) is 0 Å². The van der Waals surface area contributed by atoms with Crippen molar-refractivity contribution in [2.45, 2.75) is 26.0 Å². The lowest BCUT2D eigenvalue weighted by molar-refractivity contribution is 0.0134. The molecule has 1 aromatic carbocycles. The molecule has 1 spiro atoms. The molecule has 0 aliphatic carbocycles. The summed E-state index contributed by atoms with van der Waals surface area (Å²) < 4.78 is 11.4. The van der Waals surface area contributed by atoms with Crippen molar-refractivity contribution in [2.75, 3.05) is 43.5 Å². The maximum Gasteiger partial charge on any atom is 0.151 e. The van der Waals surface area contributed by atoms with Gasteiger partial charge in [-0.15, -0.1) is 10.2 Å². The van der Waals surface area contributed by atoms with Crippen molar-refractivity contribution in [3.63, 3.8) is 0 Å². The molecule has 4 heterocycles.